The average molecular weight is 416 g/mol. The normalized spacial score (nSPS) is 12.4. The molecule has 3 rings (SSSR count). The van der Waals surface area contributed by atoms with E-state index in [0.29, 0.717) is 28.3 Å². The van der Waals surface area contributed by atoms with Gasteiger partial charge < -0.3 is 9.72 Å². The van der Waals surface area contributed by atoms with Crippen LogP contribution in [0, 0.1) is 5.82 Å². The predicted octanol–water partition coefficient (Wildman–Crippen LogP) is 3.92. The Morgan fingerprint density at radius 2 is 1.86 bits per heavy atom. The summed E-state index contributed by atoms with van der Waals surface area (Å²) >= 11 is 0. The SMILES string of the molecule is COc1ccccc1C(=O)c1ccc(C(C)c2ccc(NS(C)(=O)=O)cc2F)[nH]1. The molecule has 3 aromatic rings. The van der Waals surface area contributed by atoms with E-state index >= 15 is 0 Å². The zero-order valence-electron chi connectivity index (χ0n) is 16.2. The number of methoxy groups -OCH3 is 1. The predicted molar refractivity (Wildman–Crippen MR) is 110 cm³/mol. The molecule has 1 unspecified atom stereocenters. The first-order valence-corrected chi connectivity index (χ1v) is 10.7. The molecule has 0 fully saturated rings. The number of carbonyl (C=O) groups is 1. The summed E-state index contributed by atoms with van der Waals surface area (Å²) in [6, 6.07) is 14.5. The van der Waals surface area contributed by atoms with Crippen LogP contribution >= 0.6 is 0 Å². The smallest absolute Gasteiger partial charge is 0.229 e. The molecule has 1 heterocycles. The minimum Gasteiger partial charge on any atom is -0.496 e. The molecule has 2 aromatic carbocycles. The molecule has 152 valence electrons. The van der Waals surface area contributed by atoms with Gasteiger partial charge in [0.2, 0.25) is 15.8 Å². The minimum atomic E-state index is -3.49. The summed E-state index contributed by atoms with van der Waals surface area (Å²) in [5.74, 6) is -0.671. The van der Waals surface area contributed by atoms with Crippen molar-refractivity contribution in [3.05, 3.63) is 82.9 Å². The van der Waals surface area contributed by atoms with Gasteiger partial charge in [0, 0.05) is 11.6 Å². The van der Waals surface area contributed by atoms with Crippen molar-refractivity contribution in [2.24, 2.45) is 0 Å². The van der Waals surface area contributed by atoms with Crippen LogP contribution in [-0.2, 0) is 10.0 Å². The standard InChI is InChI=1S/C21H21FN2O4S/c1-13(15-9-8-14(12-17(15)22)24-29(3,26)27)18-10-11-19(23-18)21(25)16-6-4-5-7-20(16)28-2/h4-13,23-24H,1-3H3. The molecule has 1 aromatic heterocycles. The first kappa shape index (κ1) is 20.6. The molecule has 6 nitrogen and oxygen atoms in total. The van der Waals surface area contributed by atoms with E-state index < -0.39 is 15.8 Å². The van der Waals surface area contributed by atoms with Crippen molar-refractivity contribution in [2.75, 3.05) is 18.1 Å². The second-order valence-corrected chi connectivity index (χ2v) is 8.44. The molecule has 0 amide bonds. The Bertz CT molecular complexity index is 1150. The third-order valence-electron chi connectivity index (χ3n) is 4.54. The number of H-pyrrole nitrogens is 1. The number of aromatic amines is 1. The quantitative estimate of drug-likeness (QED) is 0.572. The highest BCUT2D eigenvalue weighted by atomic mass is 32.2. The summed E-state index contributed by atoms with van der Waals surface area (Å²) < 4.78 is 44.6. The fourth-order valence-corrected chi connectivity index (χ4v) is 3.65. The lowest BCUT2D eigenvalue weighted by Gasteiger charge is -2.13. The van der Waals surface area contributed by atoms with Crippen LogP contribution in [0.25, 0.3) is 0 Å². The highest BCUT2D eigenvalue weighted by molar-refractivity contribution is 7.92. The van der Waals surface area contributed by atoms with Gasteiger partial charge in [0.25, 0.3) is 0 Å². The first-order chi connectivity index (χ1) is 13.7. The molecule has 2 N–H and O–H groups in total. The largest absolute Gasteiger partial charge is 0.496 e. The minimum absolute atomic E-state index is 0.152. The molecule has 8 heteroatoms. The Labute approximate surface area is 168 Å². The fraction of sp³-hybridized carbons (Fsp3) is 0.190. The van der Waals surface area contributed by atoms with Crippen LogP contribution in [0.4, 0.5) is 10.1 Å². The van der Waals surface area contributed by atoms with E-state index in [1.54, 1.807) is 43.3 Å². The number of aromatic nitrogens is 1. The maximum atomic E-state index is 14.6. The van der Waals surface area contributed by atoms with Crippen molar-refractivity contribution in [3.8, 4) is 5.75 Å². The molecule has 0 saturated carbocycles. The molecule has 0 radical (unpaired) electrons. The van der Waals surface area contributed by atoms with E-state index in [4.69, 9.17) is 4.74 Å². The van der Waals surface area contributed by atoms with Crippen molar-refractivity contribution in [1.82, 2.24) is 4.98 Å². The number of anilines is 1. The maximum absolute atomic E-state index is 14.6. The second-order valence-electron chi connectivity index (χ2n) is 6.69. The number of hydrogen-bond acceptors (Lipinski definition) is 4. The topological polar surface area (TPSA) is 88.3 Å². The fourth-order valence-electron chi connectivity index (χ4n) is 3.10. The van der Waals surface area contributed by atoms with Crippen LogP contribution in [-0.4, -0.2) is 32.6 Å². The summed E-state index contributed by atoms with van der Waals surface area (Å²) in [7, 11) is -1.99. The molecule has 0 bridgehead atoms. The van der Waals surface area contributed by atoms with Gasteiger partial charge in [-0.15, -0.1) is 0 Å². The summed E-state index contributed by atoms with van der Waals surface area (Å²) in [5, 5.41) is 0. The number of benzene rings is 2. The first-order valence-electron chi connectivity index (χ1n) is 8.83. The van der Waals surface area contributed by atoms with Gasteiger partial charge >= 0.3 is 0 Å². The van der Waals surface area contributed by atoms with Crippen molar-refractivity contribution in [2.45, 2.75) is 12.8 Å². The third-order valence-corrected chi connectivity index (χ3v) is 5.15. The highest BCUT2D eigenvalue weighted by Crippen LogP contribution is 2.29. The monoisotopic (exact) mass is 416 g/mol. The summed E-state index contributed by atoms with van der Waals surface area (Å²) in [5.41, 5.74) is 1.98. The number of sulfonamides is 1. The van der Waals surface area contributed by atoms with Gasteiger partial charge in [0.15, 0.2) is 0 Å². The molecule has 0 aliphatic rings. The number of halogens is 1. The Morgan fingerprint density at radius 3 is 2.52 bits per heavy atom. The van der Waals surface area contributed by atoms with Gasteiger partial charge in [-0.2, -0.15) is 0 Å². The van der Waals surface area contributed by atoms with E-state index in [1.165, 1.54) is 19.2 Å². The zero-order chi connectivity index (χ0) is 21.2. The van der Waals surface area contributed by atoms with Crippen molar-refractivity contribution in [3.63, 3.8) is 0 Å². The van der Waals surface area contributed by atoms with Crippen molar-refractivity contribution < 1.29 is 22.3 Å². The van der Waals surface area contributed by atoms with Crippen molar-refractivity contribution >= 4 is 21.5 Å². The lowest BCUT2D eigenvalue weighted by Crippen LogP contribution is -2.10. The lowest BCUT2D eigenvalue weighted by atomic mass is 9.97. The van der Waals surface area contributed by atoms with Gasteiger partial charge in [-0.05, 0) is 42.0 Å². The summed E-state index contributed by atoms with van der Waals surface area (Å²) in [6.07, 6.45) is 1.00. The van der Waals surface area contributed by atoms with Crippen LogP contribution in [0.3, 0.4) is 0 Å². The molecule has 0 aliphatic heterocycles. The number of carbonyl (C=O) groups excluding carboxylic acids is 1. The van der Waals surface area contributed by atoms with Gasteiger partial charge in [0.1, 0.15) is 11.6 Å². The Morgan fingerprint density at radius 1 is 1.14 bits per heavy atom. The van der Waals surface area contributed by atoms with E-state index in [9.17, 15) is 17.6 Å². The second kappa shape index (κ2) is 8.08. The van der Waals surface area contributed by atoms with Gasteiger partial charge in [-0.1, -0.05) is 25.1 Å². The molecule has 0 aliphatic carbocycles. The Kier molecular flexibility index (Phi) is 5.74. The summed E-state index contributed by atoms with van der Waals surface area (Å²) in [4.78, 5) is 15.9. The van der Waals surface area contributed by atoms with Crippen molar-refractivity contribution in [1.29, 1.82) is 0 Å². The van der Waals surface area contributed by atoms with E-state index in [2.05, 4.69) is 9.71 Å². The Hall–Kier alpha value is -3.13. The molecule has 29 heavy (non-hydrogen) atoms. The highest BCUT2D eigenvalue weighted by Gasteiger charge is 2.20. The molecular formula is C21H21FN2O4S. The third kappa shape index (κ3) is 4.65. The van der Waals surface area contributed by atoms with Gasteiger partial charge in [-0.25, -0.2) is 12.8 Å². The Balaban J connectivity index is 1.86. The van der Waals surface area contributed by atoms with E-state index in [-0.39, 0.29) is 17.4 Å². The molecule has 1 atom stereocenters. The molecular weight excluding hydrogens is 395 g/mol. The molecule has 0 saturated heterocycles. The van der Waals surface area contributed by atoms with Gasteiger partial charge in [-0.3, -0.25) is 9.52 Å². The van der Waals surface area contributed by atoms with Crippen LogP contribution in [0.2, 0.25) is 0 Å². The maximum Gasteiger partial charge on any atom is 0.229 e. The van der Waals surface area contributed by atoms with Crippen LogP contribution in [0.15, 0.2) is 54.6 Å². The number of para-hydroxylation sites is 1. The van der Waals surface area contributed by atoms with E-state index in [0.717, 1.165) is 12.3 Å². The average Bonchev–Trinajstić information content (AvgIpc) is 3.16. The van der Waals surface area contributed by atoms with Crippen LogP contribution in [0.1, 0.15) is 40.2 Å². The molecule has 0 spiro atoms. The van der Waals surface area contributed by atoms with E-state index in [1.807, 2.05) is 0 Å². The van der Waals surface area contributed by atoms with Crippen LogP contribution in [0.5, 0.6) is 5.75 Å². The summed E-state index contributed by atoms with van der Waals surface area (Å²) in [6.45, 7) is 1.80. The zero-order valence-corrected chi connectivity index (χ0v) is 17.0. The number of hydrogen-bond donors (Lipinski definition) is 2. The number of ether oxygens (including phenoxy) is 1. The van der Waals surface area contributed by atoms with Gasteiger partial charge in [0.05, 0.1) is 30.3 Å². The number of rotatable bonds is 7. The number of nitrogens with one attached hydrogen (secondary N) is 2. The number of ketones is 1. The van der Waals surface area contributed by atoms with Crippen LogP contribution < -0.4 is 9.46 Å². The lowest BCUT2D eigenvalue weighted by molar-refractivity contribution is 0.103.